The largest absolute Gasteiger partial charge is 0.520 e. The SMILES string of the molecule is C=Cc1cccc(O[Si](CC)(CCC)OC)c1. The van der Waals surface area contributed by atoms with Crippen LogP contribution in [-0.2, 0) is 4.43 Å². The first-order chi connectivity index (χ1) is 8.19. The lowest BCUT2D eigenvalue weighted by molar-refractivity contribution is 0.297. The van der Waals surface area contributed by atoms with E-state index in [1.165, 1.54) is 0 Å². The van der Waals surface area contributed by atoms with Gasteiger partial charge in [0.1, 0.15) is 5.75 Å². The van der Waals surface area contributed by atoms with Gasteiger partial charge in [0.05, 0.1) is 0 Å². The van der Waals surface area contributed by atoms with Gasteiger partial charge in [-0.05, 0) is 23.7 Å². The van der Waals surface area contributed by atoms with Crippen LogP contribution in [0.25, 0.3) is 6.08 Å². The molecule has 0 radical (unpaired) electrons. The molecule has 94 valence electrons. The van der Waals surface area contributed by atoms with Gasteiger partial charge >= 0.3 is 8.56 Å². The molecule has 1 aromatic rings. The Labute approximate surface area is 106 Å². The van der Waals surface area contributed by atoms with Crippen LogP contribution < -0.4 is 4.43 Å². The molecule has 1 aromatic carbocycles. The van der Waals surface area contributed by atoms with E-state index in [1.807, 2.05) is 30.3 Å². The maximum absolute atomic E-state index is 6.15. The first-order valence-corrected chi connectivity index (χ1v) is 8.39. The standard InChI is InChI=1S/C14H22O2Si/c1-5-11-17(7-3,15-4)16-14-10-8-9-13(6-2)12-14/h6,8-10,12H,2,5,7,11H2,1,3-4H3. The summed E-state index contributed by atoms with van der Waals surface area (Å²) in [6.45, 7) is 8.08. The van der Waals surface area contributed by atoms with E-state index in [1.54, 1.807) is 7.11 Å². The van der Waals surface area contributed by atoms with E-state index in [4.69, 9.17) is 8.85 Å². The molecule has 2 nitrogen and oxygen atoms in total. The van der Waals surface area contributed by atoms with Crippen LogP contribution in [0.2, 0.25) is 12.1 Å². The van der Waals surface area contributed by atoms with Crippen molar-refractivity contribution >= 4 is 14.6 Å². The summed E-state index contributed by atoms with van der Waals surface area (Å²) >= 11 is 0. The van der Waals surface area contributed by atoms with Crippen LogP contribution in [-0.4, -0.2) is 15.7 Å². The molecule has 0 aliphatic rings. The molecule has 1 atom stereocenters. The number of rotatable bonds is 7. The molecular weight excluding hydrogens is 228 g/mol. The van der Waals surface area contributed by atoms with E-state index in [9.17, 15) is 0 Å². The first-order valence-electron chi connectivity index (χ1n) is 6.16. The molecule has 17 heavy (non-hydrogen) atoms. The molecule has 0 fully saturated rings. The van der Waals surface area contributed by atoms with Crippen LogP contribution in [0, 0.1) is 0 Å². The minimum atomic E-state index is -2.05. The van der Waals surface area contributed by atoms with Crippen LogP contribution >= 0.6 is 0 Å². The Balaban J connectivity index is 2.88. The fourth-order valence-corrected chi connectivity index (χ4v) is 4.38. The van der Waals surface area contributed by atoms with Crippen LogP contribution in [0.3, 0.4) is 0 Å². The van der Waals surface area contributed by atoms with E-state index < -0.39 is 8.56 Å². The summed E-state index contributed by atoms with van der Waals surface area (Å²) in [5.74, 6) is 0.895. The molecule has 0 bridgehead atoms. The smallest absolute Gasteiger partial charge is 0.398 e. The Kier molecular flexibility index (Phi) is 5.45. The zero-order chi connectivity index (χ0) is 12.7. The van der Waals surface area contributed by atoms with Gasteiger partial charge in [0, 0.05) is 13.2 Å². The molecule has 0 saturated heterocycles. The average molecular weight is 250 g/mol. The lowest BCUT2D eigenvalue weighted by atomic mass is 10.2. The first kappa shape index (κ1) is 14.0. The summed E-state index contributed by atoms with van der Waals surface area (Å²) in [5.41, 5.74) is 1.08. The van der Waals surface area contributed by atoms with E-state index in [-0.39, 0.29) is 0 Å². The minimum Gasteiger partial charge on any atom is -0.520 e. The molecule has 0 spiro atoms. The Hall–Kier alpha value is -1.06. The van der Waals surface area contributed by atoms with Crippen molar-refractivity contribution in [2.24, 2.45) is 0 Å². The Morgan fingerprint density at radius 1 is 1.35 bits per heavy atom. The summed E-state index contributed by atoms with van der Waals surface area (Å²) in [5, 5.41) is 0. The van der Waals surface area contributed by atoms with Gasteiger partial charge in [-0.2, -0.15) is 0 Å². The number of benzene rings is 1. The van der Waals surface area contributed by atoms with Gasteiger partial charge in [0.2, 0.25) is 0 Å². The summed E-state index contributed by atoms with van der Waals surface area (Å²) < 4.78 is 11.8. The average Bonchev–Trinajstić information content (AvgIpc) is 2.38. The van der Waals surface area contributed by atoms with E-state index in [0.717, 1.165) is 29.8 Å². The Morgan fingerprint density at radius 2 is 2.12 bits per heavy atom. The fourth-order valence-electron chi connectivity index (χ4n) is 1.89. The highest BCUT2D eigenvalue weighted by Crippen LogP contribution is 2.24. The highest BCUT2D eigenvalue weighted by molar-refractivity contribution is 6.68. The van der Waals surface area contributed by atoms with Crippen molar-refractivity contribution < 1.29 is 8.85 Å². The molecule has 1 rings (SSSR count). The summed E-state index contributed by atoms with van der Waals surface area (Å²) in [6.07, 6.45) is 2.92. The fraction of sp³-hybridized carbons (Fsp3) is 0.429. The number of hydrogen-bond acceptors (Lipinski definition) is 2. The lowest BCUT2D eigenvalue weighted by Crippen LogP contribution is -2.43. The highest BCUT2D eigenvalue weighted by Gasteiger charge is 2.35. The van der Waals surface area contributed by atoms with Crippen LogP contribution in [0.1, 0.15) is 25.8 Å². The van der Waals surface area contributed by atoms with Crippen molar-refractivity contribution in [3.63, 3.8) is 0 Å². The third-order valence-corrected chi connectivity index (χ3v) is 6.63. The van der Waals surface area contributed by atoms with Crippen molar-refractivity contribution in [3.8, 4) is 5.75 Å². The van der Waals surface area contributed by atoms with Crippen molar-refractivity contribution in [3.05, 3.63) is 36.4 Å². The van der Waals surface area contributed by atoms with E-state index in [0.29, 0.717) is 0 Å². The Morgan fingerprint density at radius 3 is 2.65 bits per heavy atom. The zero-order valence-corrected chi connectivity index (χ0v) is 12.0. The van der Waals surface area contributed by atoms with Gasteiger partial charge in [-0.1, -0.05) is 45.1 Å². The van der Waals surface area contributed by atoms with Gasteiger partial charge in [-0.3, -0.25) is 0 Å². The molecule has 0 aliphatic carbocycles. The highest BCUT2D eigenvalue weighted by atomic mass is 28.4. The second kappa shape index (κ2) is 6.62. The molecule has 0 amide bonds. The third-order valence-electron chi connectivity index (χ3n) is 2.94. The molecule has 3 heteroatoms. The van der Waals surface area contributed by atoms with Crippen molar-refractivity contribution in [1.29, 1.82) is 0 Å². The Bertz CT molecular complexity index is 359. The predicted octanol–water partition coefficient (Wildman–Crippen LogP) is 4.23. The molecule has 0 heterocycles. The van der Waals surface area contributed by atoms with Crippen molar-refractivity contribution in [1.82, 2.24) is 0 Å². The summed E-state index contributed by atoms with van der Waals surface area (Å²) in [7, 11) is -0.288. The topological polar surface area (TPSA) is 18.5 Å². The number of hydrogen-bond donors (Lipinski definition) is 0. The third kappa shape index (κ3) is 3.72. The van der Waals surface area contributed by atoms with Gasteiger partial charge in [-0.15, -0.1) is 0 Å². The van der Waals surface area contributed by atoms with Gasteiger partial charge in [0.15, 0.2) is 0 Å². The van der Waals surface area contributed by atoms with Crippen LogP contribution in [0.5, 0.6) is 5.75 Å². The van der Waals surface area contributed by atoms with Crippen molar-refractivity contribution in [2.45, 2.75) is 32.4 Å². The quantitative estimate of drug-likeness (QED) is 0.674. The van der Waals surface area contributed by atoms with Crippen LogP contribution in [0.15, 0.2) is 30.8 Å². The normalized spacial score (nSPS) is 14.1. The molecular formula is C14H22O2Si. The van der Waals surface area contributed by atoms with Gasteiger partial charge in [0.25, 0.3) is 0 Å². The van der Waals surface area contributed by atoms with Crippen LogP contribution in [0.4, 0.5) is 0 Å². The lowest BCUT2D eigenvalue weighted by Gasteiger charge is -2.28. The van der Waals surface area contributed by atoms with Crippen molar-refractivity contribution in [2.75, 3.05) is 7.11 Å². The minimum absolute atomic E-state index is 0.895. The molecule has 0 aliphatic heterocycles. The van der Waals surface area contributed by atoms with E-state index >= 15 is 0 Å². The van der Waals surface area contributed by atoms with E-state index in [2.05, 4.69) is 20.4 Å². The zero-order valence-electron chi connectivity index (χ0n) is 11.0. The maximum atomic E-state index is 6.15. The van der Waals surface area contributed by atoms with Gasteiger partial charge < -0.3 is 8.85 Å². The second-order valence-corrected chi connectivity index (χ2v) is 7.74. The molecule has 0 aromatic heterocycles. The molecule has 1 unspecified atom stereocenters. The van der Waals surface area contributed by atoms with Gasteiger partial charge in [-0.25, -0.2) is 0 Å². The molecule has 0 saturated carbocycles. The second-order valence-electron chi connectivity index (χ2n) is 4.10. The monoisotopic (exact) mass is 250 g/mol. The predicted molar refractivity (Wildman–Crippen MR) is 75.5 cm³/mol. The summed E-state index contributed by atoms with van der Waals surface area (Å²) in [6, 6.07) is 10.00. The molecule has 0 N–H and O–H groups in total. The summed E-state index contributed by atoms with van der Waals surface area (Å²) in [4.78, 5) is 0. The maximum Gasteiger partial charge on any atom is 0.398 e.